The van der Waals surface area contributed by atoms with Gasteiger partial charge in [0.25, 0.3) is 5.56 Å². The summed E-state index contributed by atoms with van der Waals surface area (Å²) in [6.45, 7) is 3.20. The quantitative estimate of drug-likeness (QED) is 0.696. The zero-order valence-corrected chi connectivity index (χ0v) is 15.6. The van der Waals surface area contributed by atoms with Crippen LogP contribution in [-0.2, 0) is 11.0 Å². The minimum atomic E-state index is -4.67. The van der Waals surface area contributed by atoms with Gasteiger partial charge in [-0.25, -0.2) is 9.36 Å². The fourth-order valence-electron chi connectivity index (χ4n) is 3.19. The summed E-state index contributed by atoms with van der Waals surface area (Å²) in [4.78, 5) is 40.8. The number of halogens is 3. The molecule has 1 atom stereocenters. The molecule has 0 bridgehead atoms. The lowest BCUT2D eigenvalue weighted by atomic mass is 10.0. The van der Waals surface area contributed by atoms with Gasteiger partial charge in [0.05, 0.1) is 22.2 Å². The van der Waals surface area contributed by atoms with Crippen molar-refractivity contribution in [3.8, 4) is 0 Å². The molecule has 1 aromatic heterocycles. The Hall–Kier alpha value is -3.36. The Morgan fingerprint density at radius 2 is 1.66 bits per heavy atom. The maximum atomic E-state index is 13.2. The molecule has 0 saturated heterocycles. The van der Waals surface area contributed by atoms with Crippen LogP contribution in [0.1, 0.15) is 25.5 Å². The van der Waals surface area contributed by atoms with Gasteiger partial charge in [0.15, 0.2) is 0 Å². The van der Waals surface area contributed by atoms with Gasteiger partial charge in [-0.15, -0.1) is 0 Å². The van der Waals surface area contributed by atoms with E-state index < -0.39 is 46.5 Å². The highest BCUT2D eigenvalue weighted by Gasteiger charge is 2.35. The first-order chi connectivity index (χ1) is 13.6. The molecule has 0 aliphatic heterocycles. The van der Waals surface area contributed by atoms with E-state index in [-0.39, 0.29) is 5.39 Å². The Morgan fingerprint density at radius 3 is 2.31 bits per heavy atom. The molecule has 29 heavy (non-hydrogen) atoms. The minimum absolute atomic E-state index is 0.196. The molecule has 0 spiro atoms. The molecule has 6 nitrogen and oxygen atoms in total. The third-order valence-electron chi connectivity index (χ3n) is 4.51. The largest absolute Gasteiger partial charge is 0.418 e. The Bertz CT molecular complexity index is 1180. The number of aromatic amines is 1. The van der Waals surface area contributed by atoms with Gasteiger partial charge in [0, 0.05) is 0 Å². The zero-order valence-electron chi connectivity index (χ0n) is 15.6. The van der Waals surface area contributed by atoms with E-state index in [9.17, 15) is 27.6 Å². The van der Waals surface area contributed by atoms with E-state index in [1.165, 1.54) is 18.2 Å². The van der Waals surface area contributed by atoms with Crippen molar-refractivity contribution in [2.75, 3.05) is 5.32 Å². The maximum Gasteiger partial charge on any atom is 0.418 e. The number of hydrogen-bond acceptors (Lipinski definition) is 3. The summed E-state index contributed by atoms with van der Waals surface area (Å²) >= 11 is 0. The van der Waals surface area contributed by atoms with Gasteiger partial charge in [-0.3, -0.25) is 9.59 Å². The maximum absolute atomic E-state index is 13.2. The Labute approximate surface area is 163 Å². The van der Waals surface area contributed by atoms with Gasteiger partial charge in [-0.1, -0.05) is 38.1 Å². The van der Waals surface area contributed by atoms with Gasteiger partial charge in [0.1, 0.15) is 6.04 Å². The molecule has 1 amide bonds. The van der Waals surface area contributed by atoms with Crippen molar-refractivity contribution in [1.82, 2.24) is 9.55 Å². The average Bonchev–Trinajstić information content (AvgIpc) is 2.64. The first-order valence-electron chi connectivity index (χ1n) is 8.82. The van der Waals surface area contributed by atoms with Crippen LogP contribution in [0, 0.1) is 5.92 Å². The van der Waals surface area contributed by atoms with E-state index in [0.717, 1.165) is 16.7 Å². The van der Waals surface area contributed by atoms with Crippen LogP contribution < -0.4 is 16.6 Å². The SMILES string of the molecule is CC(C)C(C(=O)Nc1ccccc1C(F)(F)F)n1c(=O)[nH]c2ccccc2c1=O. The number of alkyl halides is 3. The number of nitrogens with zero attached hydrogens (tertiary/aromatic N) is 1. The lowest BCUT2D eigenvalue weighted by Crippen LogP contribution is -2.44. The van der Waals surface area contributed by atoms with Crippen LogP contribution in [-0.4, -0.2) is 15.5 Å². The van der Waals surface area contributed by atoms with Crippen molar-refractivity contribution in [2.24, 2.45) is 5.92 Å². The molecule has 1 heterocycles. The fraction of sp³-hybridized carbons (Fsp3) is 0.250. The zero-order chi connectivity index (χ0) is 21.3. The first kappa shape index (κ1) is 20.4. The fourth-order valence-corrected chi connectivity index (χ4v) is 3.19. The van der Waals surface area contributed by atoms with E-state index in [2.05, 4.69) is 10.3 Å². The average molecular weight is 405 g/mol. The van der Waals surface area contributed by atoms with Gasteiger partial charge < -0.3 is 10.3 Å². The summed E-state index contributed by atoms with van der Waals surface area (Å²) in [6, 6.07) is 9.50. The molecule has 2 N–H and O–H groups in total. The van der Waals surface area contributed by atoms with Crippen LogP contribution in [0.4, 0.5) is 18.9 Å². The molecule has 9 heteroatoms. The second-order valence-corrected chi connectivity index (χ2v) is 6.87. The normalized spacial score (nSPS) is 12.9. The summed E-state index contributed by atoms with van der Waals surface area (Å²) in [5.74, 6) is -1.44. The number of nitrogens with one attached hydrogen (secondary N) is 2. The summed E-state index contributed by atoms with van der Waals surface area (Å²) in [5.41, 5.74) is -2.66. The lowest BCUT2D eigenvalue weighted by Gasteiger charge is -2.23. The van der Waals surface area contributed by atoms with E-state index in [1.54, 1.807) is 32.0 Å². The molecule has 152 valence electrons. The van der Waals surface area contributed by atoms with Crippen LogP contribution in [0.15, 0.2) is 58.1 Å². The van der Waals surface area contributed by atoms with Crippen LogP contribution in [0.25, 0.3) is 10.9 Å². The summed E-state index contributed by atoms with van der Waals surface area (Å²) in [6.07, 6.45) is -4.67. The molecule has 0 radical (unpaired) electrons. The van der Waals surface area contributed by atoms with Gasteiger partial charge in [-0.2, -0.15) is 13.2 Å². The molecular formula is C20H18F3N3O3. The predicted molar refractivity (Wildman–Crippen MR) is 103 cm³/mol. The van der Waals surface area contributed by atoms with E-state index >= 15 is 0 Å². The van der Waals surface area contributed by atoms with Crippen molar-refractivity contribution in [3.05, 3.63) is 74.9 Å². The molecule has 0 saturated carbocycles. The number of fused-ring (bicyclic) bond motifs is 1. The Balaban J connectivity index is 2.09. The number of anilines is 1. The smallest absolute Gasteiger partial charge is 0.324 e. The van der Waals surface area contributed by atoms with Gasteiger partial charge in [0.2, 0.25) is 5.91 Å². The number of rotatable bonds is 4. The van der Waals surface area contributed by atoms with Crippen molar-refractivity contribution in [3.63, 3.8) is 0 Å². The molecular weight excluding hydrogens is 387 g/mol. The third kappa shape index (κ3) is 3.94. The second kappa shape index (κ2) is 7.57. The van der Waals surface area contributed by atoms with Crippen LogP contribution >= 0.6 is 0 Å². The summed E-state index contributed by atoms with van der Waals surface area (Å²) in [5, 5.41) is 2.42. The first-order valence-corrected chi connectivity index (χ1v) is 8.82. The molecule has 0 aliphatic carbocycles. The summed E-state index contributed by atoms with van der Waals surface area (Å²) in [7, 11) is 0. The molecule has 0 aliphatic rings. The highest BCUT2D eigenvalue weighted by atomic mass is 19.4. The minimum Gasteiger partial charge on any atom is -0.324 e. The number of aromatic nitrogens is 2. The molecule has 1 unspecified atom stereocenters. The van der Waals surface area contributed by atoms with E-state index in [0.29, 0.717) is 5.52 Å². The Kier molecular flexibility index (Phi) is 5.32. The van der Waals surface area contributed by atoms with Crippen molar-refractivity contribution in [1.29, 1.82) is 0 Å². The summed E-state index contributed by atoms with van der Waals surface area (Å²) < 4.78 is 40.4. The highest BCUT2D eigenvalue weighted by Crippen LogP contribution is 2.35. The number of carbonyl (C=O) groups is 1. The van der Waals surface area contributed by atoms with Crippen molar-refractivity contribution in [2.45, 2.75) is 26.1 Å². The standard InChI is InChI=1S/C20H18F3N3O3/c1-11(2)16(17(27)24-15-10-6-4-8-13(15)20(21,22)23)26-18(28)12-7-3-5-9-14(12)25-19(26)29/h3-11,16H,1-2H3,(H,24,27)(H,25,29). The van der Waals surface area contributed by atoms with Crippen molar-refractivity contribution < 1.29 is 18.0 Å². The van der Waals surface area contributed by atoms with Crippen LogP contribution in [0.3, 0.4) is 0 Å². The van der Waals surface area contributed by atoms with E-state index in [1.807, 2.05) is 0 Å². The van der Waals surface area contributed by atoms with Crippen molar-refractivity contribution >= 4 is 22.5 Å². The topological polar surface area (TPSA) is 84.0 Å². The van der Waals surface area contributed by atoms with E-state index in [4.69, 9.17) is 0 Å². The lowest BCUT2D eigenvalue weighted by molar-refractivity contribution is -0.137. The number of benzene rings is 2. The molecule has 2 aromatic carbocycles. The Morgan fingerprint density at radius 1 is 1.03 bits per heavy atom. The molecule has 3 aromatic rings. The van der Waals surface area contributed by atoms with Gasteiger partial charge >= 0.3 is 11.9 Å². The number of carbonyl (C=O) groups excluding carboxylic acids is 1. The number of para-hydroxylation sites is 2. The predicted octanol–water partition coefficient (Wildman–Crippen LogP) is 3.54. The second-order valence-electron chi connectivity index (χ2n) is 6.87. The van der Waals surface area contributed by atoms with Crippen LogP contribution in [0.2, 0.25) is 0 Å². The highest BCUT2D eigenvalue weighted by molar-refractivity contribution is 5.95. The molecule has 0 fully saturated rings. The monoisotopic (exact) mass is 405 g/mol. The number of amides is 1. The third-order valence-corrected chi connectivity index (χ3v) is 4.51. The van der Waals surface area contributed by atoms with Crippen LogP contribution in [0.5, 0.6) is 0 Å². The molecule has 3 rings (SSSR count). The number of hydrogen-bond donors (Lipinski definition) is 2. The number of H-pyrrole nitrogens is 1. The van der Waals surface area contributed by atoms with Gasteiger partial charge in [-0.05, 0) is 30.2 Å².